The van der Waals surface area contributed by atoms with Crippen LogP contribution < -0.4 is 10.1 Å². The standard InChI is InChI=1S/C23H19ClN2O/c24-22-6-2-1-4-19(22)16-27-21-11-7-17(8-12-21)15-26-20-10-9-18-5-3-13-25-23(18)14-20/h1-14,26H,15-16H2. The van der Waals surface area contributed by atoms with E-state index in [2.05, 4.69) is 46.7 Å². The van der Waals surface area contributed by atoms with Crippen LogP contribution in [0.4, 0.5) is 5.69 Å². The zero-order chi connectivity index (χ0) is 18.5. The average Bonchev–Trinajstić information content (AvgIpc) is 2.72. The van der Waals surface area contributed by atoms with E-state index in [1.807, 2.05) is 48.7 Å². The van der Waals surface area contributed by atoms with Gasteiger partial charge in [0.25, 0.3) is 0 Å². The van der Waals surface area contributed by atoms with Gasteiger partial charge in [0, 0.05) is 34.4 Å². The van der Waals surface area contributed by atoms with Gasteiger partial charge < -0.3 is 10.1 Å². The second-order valence-corrected chi connectivity index (χ2v) is 6.70. The summed E-state index contributed by atoms with van der Waals surface area (Å²) in [5.41, 5.74) is 4.21. The summed E-state index contributed by atoms with van der Waals surface area (Å²) in [6.45, 7) is 1.20. The van der Waals surface area contributed by atoms with E-state index in [1.165, 1.54) is 5.56 Å². The second-order valence-electron chi connectivity index (χ2n) is 6.29. The molecule has 0 atom stereocenters. The minimum atomic E-state index is 0.460. The predicted molar refractivity (Wildman–Crippen MR) is 111 cm³/mol. The Hall–Kier alpha value is -3.04. The summed E-state index contributed by atoms with van der Waals surface area (Å²) in [5.74, 6) is 0.827. The fraction of sp³-hybridized carbons (Fsp3) is 0.0870. The molecule has 0 amide bonds. The third-order valence-electron chi connectivity index (χ3n) is 4.38. The topological polar surface area (TPSA) is 34.1 Å². The Bertz CT molecular complexity index is 1050. The third kappa shape index (κ3) is 4.39. The van der Waals surface area contributed by atoms with Crippen molar-refractivity contribution in [1.82, 2.24) is 4.98 Å². The van der Waals surface area contributed by atoms with Crippen LogP contribution in [0.25, 0.3) is 10.9 Å². The quantitative estimate of drug-likeness (QED) is 0.444. The summed E-state index contributed by atoms with van der Waals surface area (Å²) >= 11 is 6.16. The van der Waals surface area contributed by atoms with Crippen LogP contribution in [-0.2, 0) is 13.2 Å². The number of fused-ring (bicyclic) bond motifs is 1. The van der Waals surface area contributed by atoms with E-state index in [-0.39, 0.29) is 0 Å². The van der Waals surface area contributed by atoms with Gasteiger partial charge in [-0.2, -0.15) is 0 Å². The van der Waals surface area contributed by atoms with E-state index in [4.69, 9.17) is 16.3 Å². The zero-order valence-corrected chi connectivity index (χ0v) is 15.5. The Balaban J connectivity index is 1.35. The van der Waals surface area contributed by atoms with Crippen LogP contribution in [0.2, 0.25) is 5.02 Å². The van der Waals surface area contributed by atoms with Crippen molar-refractivity contribution in [2.24, 2.45) is 0 Å². The molecule has 4 rings (SSSR count). The highest BCUT2D eigenvalue weighted by molar-refractivity contribution is 6.31. The summed E-state index contributed by atoms with van der Waals surface area (Å²) in [6, 6.07) is 26.0. The number of hydrogen-bond donors (Lipinski definition) is 1. The van der Waals surface area contributed by atoms with Crippen molar-refractivity contribution in [1.29, 1.82) is 0 Å². The second kappa shape index (κ2) is 8.11. The highest BCUT2D eigenvalue weighted by Gasteiger charge is 2.02. The van der Waals surface area contributed by atoms with Crippen molar-refractivity contribution in [2.75, 3.05) is 5.32 Å². The molecule has 134 valence electrons. The lowest BCUT2D eigenvalue weighted by Crippen LogP contribution is -2.00. The van der Waals surface area contributed by atoms with Crippen LogP contribution in [0.15, 0.2) is 85.1 Å². The Morgan fingerprint density at radius 3 is 2.59 bits per heavy atom. The molecular formula is C23H19ClN2O. The van der Waals surface area contributed by atoms with Crippen LogP contribution in [0.1, 0.15) is 11.1 Å². The van der Waals surface area contributed by atoms with E-state index < -0.39 is 0 Å². The van der Waals surface area contributed by atoms with Gasteiger partial charge in [0.2, 0.25) is 0 Å². The monoisotopic (exact) mass is 374 g/mol. The molecule has 1 heterocycles. The molecule has 0 saturated heterocycles. The molecule has 0 radical (unpaired) electrons. The number of aromatic nitrogens is 1. The van der Waals surface area contributed by atoms with Crippen molar-refractivity contribution in [3.63, 3.8) is 0 Å². The van der Waals surface area contributed by atoms with Crippen molar-refractivity contribution in [2.45, 2.75) is 13.2 Å². The van der Waals surface area contributed by atoms with Gasteiger partial charge in [-0.15, -0.1) is 0 Å². The summed E-state index contributed by atoms with van der Waals surface area (Å²) in [6.07, 6.45) is 1.81. The van der Waals surface area contributed by atoms with E-state index in [0.29, 0.717) is 6.61 Å². The van der Waals surface area contributed by atoms with Gasteiger partial charge in [-0.25, -0.2) is 0 Å². The first-order chi connectivity index (χ1) is 13.3. The number of ether oxygens (including phenoxy) is 1. The first-order valence-electron chi connectivity index (χ1n) is 8.82. The molecule has 4 heteroatoms. The molecule has 3 aromatic carbocycles. The number of nitrogens with one attached hydrogen (secondary N) is 1. The minimum absolute atomic E-state index is 0.460. The molecular weight excluding hydrogens is 356 g/mol. The SMILES string of the molecule is Clc1ccccc1COc1ccc(CNc2ccc3cccnc3c2)cc1. The van der Waals surface area contributed by atoms with Crippen molar-refractivity contribution in [3.8, 4) is 5.75 Å². The molecule has 0 aliphatic rings. The van der Waals surface area contributed by atoms with Crippen molar-refractivity contribution < 1.29 is 4.74 Å². The normalized spacial score (nSPS) is 10.7. The molecule has 4 aromatic rings. The summed E-state index contributed by atoms with van der Waals surface area (Å²) in [7, 11) is 0. The van der Waals surface area contributed by atoms with E-state index in [9.17, 15) is 0 Å². The largest absolute Gasteiger partial charge is 0.489 e. The van der Waals surface area contributed by atoms with Crippen LogP contribution in [0.5, 0.6) is 5.75 Å². The highest BCUT2D eigenvalue weighted by atomic mass is 35.5. The Morgan fingerprint density at radius 2 is 1.74 bits per heavy atom. The van der Waals surface area contributed by atoms with E-state index >= 15 is 0 Å². The number of rotatable bonds is 6. The Morgan fingerprint density at radius 1 is 0.889 bits per heavy atom. The Labute approximate surface area is 163 Å². The summed E-state index contributed by atoms with van der Waals surface area (Å²) in [5, 5.41) is 5.31. The number of benzene rings is 3. The number of halogens is 1. The van der Waals surface area contributed by atoms with Crippen LogP contribution in [-0.4, -0.2) is 4.98 Å². The van der Waals surface area contributed by atoms with Crippen molar-refractivity contribution >= 4 is 28.2 Å². The molecule has 1 aromatic heterocycles. The molecule has 0 bridgehead atoms. The molecule has 0 aliphatic carbocycles. The molecule has 0 saturated carbocycles. The maximum Gasteiger partial charge on any atom is 0.119 e. The Kier molecular flexibility index (Phi) is 5.22. The van der Waals surface area contributed by atoms with Crippen LogP contribution >= 0.6 is 11.6 Å². The molecule has 0 fully saturated rings. The van der Waals surface area contributed by atoms with Gasteiger partial charge in [0.15, 0.2) is 0 Å². The zero-order valence-electron chi connectivity index (χ0n) is 14.7. The average molecular weight is 375 g/mol. The lowest BCUT2D eigenvalue weighted by atomic mass is 10.2. The first-order valence-corrected chi connectivity index (χ1v) is 9.19. The maximum absolute atomic E-state index is 6.16. The summed E-state index contributed by atoms with van der Waals surface area (Å²) < 4.78 is 5.83. The molecule has 0 spiro atoms. The van der Waals surface area contributed by atoms with Crippen LogP contribution in [0.3, 0.4) is 0 Å². The van der Waals surface area contributed by atoms with Gasteiger partial charge >= 0.3 is 0 Å². The third-order valence-corrected chi connectivity index (χ3v) is 4.75. The highest BCUT2D eigenvalue weighted by Crippen LogP contribution is 2.20. The molecule has 0 unspecified atom stereocenters. The molecule has 0 aliphatic heterocycles. The number of hydrogen-bond acceptors (Lipinski definition) is 3. The van der Waals surface area contributed by atoms with Gasteiger partial charge in [-0.05, 0) is 42.0 Å². The fourth-order valence-electron chi connectivity index (χ4n) is 2.86. The van der Waals surface area contributed by atoms with Crippen molar-refractivity contribution in [3.05, 3.63) is 101 Å². The van der Waals surface area contributed by atoms with E-state index in [1.54, 1.807) is 0 Å². The van der Waals surface area contributed by atoms with E-state index in [0.717, 1.165) is 39.5 Å². The lowest BCUT2D eigenvalue weighted by molar-refractivity contribution is 0.306. The summed E-state index contributed by atoms with van der Waals surface area (Å²) in [4.78, 5) is 4.39. The lowest BCUT2D eigenvalue weighted by Gasteiger charge is -2.10. The van der Waals surface area contributed by atoms with Gasteiger partial charge in [0.1, 0.15) is 12.4 Å². The first kappa shape index (κ1) is 17.4. The molecule has 1 N–H and O–H groups in total. The smallest absolute Gasteiger partial charge is 0.119 e. The van der Waals surface area contributed by atoms with Gasteiger partial charge in [-0.1, -0.05) is 54.1 Å². The number of nitrogens with zero attached hydrogens (tertiary/aromatic N) is 1. The number of pyridine rings is 1. The maximum atomic E-state index is 6.16. The van der Waals surface area contributed by atoms with Gasteiger partial charge in [0.05, 0.1) is 5.52 Å². The molecule has 3 nitrogen and oxygen atoms in total. The number of anilines is 1. The van der Waals surface area contributed by atoms with Gasteiger partial charge in [-0.3, -0.25) is 4.98 Å². The predicted octanol–water partition coefficient (Wildman–Crippen LogP) is 6.08. The molecule has 27 heavy (non-hydrogen) atoms. The fourth-order valence-corrected chi connectivity index (χ4v) is 3.05. The van der Waals surface area contributed by atoms with Crippen LogP contribution in [0, 0.1) is 0 Å². The minimum Gasteiger partial charge on any atom is -0.489 e.